The van der Waals surface area contributed by atoms with E-state index in [-0.39, 0.29) is 10.5 Å². The summed E-state index contributed by atoms with van der Waals surface area (Å²) in [7, 11) is -2.37. The van der Waals surface area contributed by atoms with Crippen LogP contribution < -0.4 is 14.8 Å². The predicted molar refractivity (Wildman–Crippen MR) is 119 cm³/mol. The van der Waals surface area contributed by atoms with Crippen LogP contribution in [0, 0.1) is 6.92 Å². The zero-order valence-corrected chi connectivity index (χ0v) is 18.4. The zero-order chi connectivity index (χ0) is 21.9. The maximum Gasteiger partial charge on any atom is 0.261 e. The van der Waals surface area contributed by atoms with Crippen molar-refractivity contribution >= 4 is 50.5 Å². The van der Waals surface area contributed by atoms with E-state index in [1.807, 2.05) is 0 Å². The Labute approximate surface area is 184 Å². The fraction of sp³-hybridized carbons (Fsp3) is 0.0952. The van der Waals surface area contributed by atoms with E-state index >= 15 is 0 Å². The number of hydrogen-bond acceptors (Lipinski definition) is 4. The Balaban J connectivity index is 1.78. The molecular weight excluding hydrogens is 447 g/mol. The van der Waals surface area contributed by atoms with Gasteiger partial charge in [-0.25, -0.2) is 8.42 Å². The summed E-state index contributed by atoms with van der Waals surface area (Å²) in [5, 5.41) is 3.55. The topological polar surface area (TPSA) is 84.5 Å². The summed E-state index contributed by atoms with van der Waals surface area (Å²) in [6, 6.07) is 15.5. The van der Waals surface area contributed by atoms with Gasteiger partial charge < -0.3 is 10.1 Å². The molecule has 0 atom stereocenters. The van der Waals surface area contributed by atoms with Crippen molar-refractivity contribution in [3.8, 4) is 5.75 Å². The first-order valence-electron chi connectivity index (χ1n) is 8.74. The number of nitrogens with one attached hydrogen (secondary N) is 2. The van der Waals surface area contributed by atoms with E-state index < -0.39 is 15.9 Å². The number of rotatable bonds is 6. The minimum atomic E-state index is -3.83. The number of anilines is 2. The van der Waals surface area contributed by atoms with E-state index in [2.05, 4.69) is 10.0 Å². The van der Waals surface area contributed by atoms with Gasteiger partial charge >= 0.3 is 0 Å². The smallest absolute Gasteiger partial charge is 0.261 e. The zero-order valence-electron chi connectivity index (χ0n) is 16.1. The average molecular weight is 465 g/mol. The van der Waals surface area contributed by atoms with Gasteiger partial charge in [-0.3, -0.25) is 9.52 Å². The highest BCUT2D eigenvalue weighted by molar-refractivity contribution is 7.92. The molecule has 1 amide bonds. The summed E-state index contributed by atoms with van der Waals surface area (Å²) in [6.45, 7) is 1.73. The highest BCUT2D eigenvalue weighted by atomic mass is 35.5. The van der Waals surface area contributed by atoms with Gasteiger partial charge in [-0.2, -0.15) is 0 Å². The van der Waals surface area contributed by atoms with Crippen LogP contribution in [0.15, 0.2) is 65.6 Å². The first kappa shape index (κ1) is 22.0. The molecule has 9 heteroatoms. The average Bonchev–Trinajstić information content (AvgIpc) is 2.71. The van der Waals surface area contributed by atoms with Crippen LogP contribution in [0.5, 0.6) is 5.75 Å². The second-order valence-corrected chi connectivity index (χ2v) is 8.87. The number of amides is 1. The van der Waals surface area contributed by atoms with Crippen molar-refractivity contribution in [1.82, 2.24) is 0 Å². The molecule has 0 aliphatic rings. The van der Waals surface area contributed by atoms with Crippen molar-refractivity contribution in [2.75, 3.05) is 17.1 Å². The van der Waals surface area contributed by atoms with Crippen LogP contribution in [-0.4, -0.2) is 21.4 Å². The Kier molecular flexibility index (Phi) is 6.55. The minimum Gasteiger partial charge on any atom is -0.496 e. The third kappa shape index (κ3) is 4.87. The second kappa shape index (κ2) is 8.95. The quantitative estimate of drug-likeness (QED) is 0.513. The molecule has 0 aliphatic carbocycles. The van der Waals surface area contributed by atoms with Crippen LogP contribution in [0.25, 0.3) is 0 Å². The Hall–Kier alpha value is -2.74. The summed E-state index contributed by atoms with van der Waals surface area (Å²) >= 11 is 12.0. The van der Waals surface area contributed by atoms with Crippen LogP contribution in [0.1, 0.15) is 15.9 Å². The van der Waals surface area contributed by atoms with Crippen molar-refractivity contribution in [2.24, 2.45) is 0 Å². The number of sulfonamides is 1. The van der Waals surface area contributed by atoms with E-state index in [4.69, 9.17) is 27.9 Å². The van der Waals surface area contributed by atoms with Gasteiger partial charge in [0.05, 0.1) is 23.3 Å². The van der Waals surface area contributed by atoms with Crippen LogP contribution in [0.2, 0.25) is 10.0 Å². The molecule has 3 rings (SSSR count). The molecule has 0 saturated carbocycles. The maximum absolute atomic E-state index is 12.7. The molecule has 0 aromatic heterocycles. The van der Waals surface area contributed by atoms with Gasteiger partial charge in [0.2, 0.25) is 0 Å². The Morgan fingerprint density at radius 2 is 1.70 bits per heavy atom. The van der Waals surface area contributed by atoms with E-state index in [0.717, 1.165) is 0 Å². The predicted octanol–water partition coefficient (Wildman–Crippen LogP) is 5.36. The molecule has 0 fully saturated rings. The van der Waals surface area contributed by atoms with E-state index in [0.29, 0.717) is 32.7 Å². The van der Waals surface area contributed by atoms with Gasteiger partial charge in [-0.15, -0.1) is 0 Å². The van der Waals surface area contributed by atoms with Crippen LogP contribution in [0.3, 0.4) is 0 Å². The lowest BCUT2D eigenvalue weighted by atomic mass is 10.2. The normalized spacial score (nSPS) is 11.1. The van der Waals surface area contributed by atoms with Gasteiger partial charge in [-0.1, -0.05) is 29.3 Å². The third-order valence-electron chi connectivity index (χ3n) is 4.34. The van der Waals surface area contributed by atoms with E-state index in [1.54, 1.807) is 37.3 Å². The van der Waals surface area contributed by atoms with Crippen LogP contribution in [-0.2, 0) is 10.0 Å². The summed E-state index contributed by atoms with van der Waals surface area (Å²) in [5.74, 6) is -0.0603. The summed E-state index contributed by atoms with van der Waals surface area (Å²) in [4.78, 5) is 12.6. The molecule has 2 N–H and O–H groups in total. The van der Waals surface area contributed by atoms with Crippen molar-refractivity contribution in [2.45, 2.75) is 11.8 Å². The van der Waals surface area contributed by atoms with Crippen molar-refractivity contribution in [3.63, 3.8) is 0 Å². The molecule has 0 spiro atoms. The molecule has 0 radical (unpaired) electrons. The molecule has 0 unspecified atom stereocenters. The van der Waals surface area contributed by atoms with E-state index in [1.165, 1.54) is 37.4 Å². The molecule has 0 bridgehead atoms. The van der Waals surface area contributed by atoms with Gasteiger partial charge in [0, 0.05) is 15.7 Å². The lowest BCUT2D eigenvalue weighted by Gasteiger charge is -2.12. The molecular formula is C21H18Cl2N2O4S. The standard InChI is InChI=1S/C21H18Cl2N2O4S/c1-13-18(23)4-3-5-19(13)25-30(27,28)16-9-7-15(8-10-16)24-21(26)17-12-14(22)6-11-20(17)29-2/h3-12,25H,1-2H3,(H,24,26). The Morgan fingerprint density at radius 1 is 1.00 bits per heavy atom. The fourth-order valence-corrected chi connectivity index (χ4v) is 4.16. The minimum absolute atomic E-state index is 0.0419. The van der Waals surface area contributed by atoms with Gasteiger partial charge in [0.1, 0.15) is 5.75 Å². The Bertz CT molecular complexity index is 1200. The van der Waals surface area contributed by atoms with Gasteiger partial charge in [0.15, 0.2) is 0 Å². The first-order chi connectivity index (χ1) is 14.2. The first-order valence-corrected chi connectivity index (χ1v) is 11.0. The highest BCUT2D eigenvalue weighted by Crippen LogP contribution is 2.27. The Morgan fingerprint density at radius 3 is 2.37 bits per heavy atom. The summed E-state index contributed by atoms with van der Waals surface area (Å²) in [6.07, 6.45) is 0. The van der Waals surface area contributed by atoms with E-state index in [9.17, 15) is 13.2 Å². The number of hydrogen-bond donors (Lipinski definition) is 2. The van der Waals surface area contributed by atoms with Crippen molar-refractivity contribution in [3.05, 3.63) is 81.8 Å². The van der Waals surface area contributed by atoms with Crippen LogP contribution in [0.4, 0.5) is 11.4 Å². The maximum atomic E-state index is 12.7. The van der Waals surface area contributed by atoms with Gasteiger partial charge in [0.25, 0.3) is 15.9 Å². The molecule has 156 valence electrons. The molecule has 0 aliphatic heterocycles. The number of methoxy groups -OCH3 is 1. The largest absolute Gasteiger partial charge is 0.496 e. The summed E-state index contributed by atoms with van der Waals surface area (Å²) < 4.78 is 33.0. The van der Waals surface area contributed by atoms with Crippen molar-refractivity contribution < 1.29 is 17.9 Å². The molecule has 0 heterocycles. The molecule has 0 saturated heterocycles. The lowest BCUT2D eigenvalue weighted by molar-refractivity contribution is 0.102. The number of benzene rings is 3. The van der Waals surface area contributed by atoms with Crippen molar-refractivity contribution in [1.29, 1.82) is 0 Å². The third-order valence-corrected chi connectivity index (χ3v) is 6.37. The number of carbonyl (C=O) groups excluding carboxylic acids is 1. The number of ether oxygens (including phenoxy) is 1. The number of carbonyl (C=O) groups is 1. The molecule has 3 aromatic rings. The monoisotopic (exact) mass is 464 g/mol. The fourth-order valence-electron chi connectivity index (χ4n) is 2.70. The lowest BCUT2D eigenvalue weighted by Crippen LogP contribution is -2.15. The SMILES string of the molecule is COc1ccc(Cl)cc1C(=O)Nc1ccc(S(=O)(=O)Nc2cccc(Cl)c2C)cc1. The highest BCUT2D eigenvalue weighted by Gasteiger charge is 2.17. The van der Waals surface area contributed by atoms with Gasteiger partial charge in [-0.05, 0) is 67.1 Å². The number of halogens is 2. The molecule has 6 nitrogen and oxygen atoms in total. The molecule has 30 heavy (non-hydrogen) atoms. The van der Waals surface area contributed by atoms with Crippen LogP contribution >= 0.6 is 23.2 Å². The second-order valence-electron chi connectivity index (χ2n) is 6.34. The summed E-state index contributed by atoms with van der Waals surface area (Å²) in [5.41, 5.74) is 1.70. The molecule has 3 aromatic carbocycles.